The third-order valence-corrected chi connectivity index (χ3v) is 3.78. The highest BCUT2D eigenvalue weighted by Crippen LogP contribution is 2.24. The van der Waals surface area contributed by atoms with Gasteiger partial charge in [0.1, 0.15) is 0 Å². The average Bonchev–Trinajstić information content (AvgIpc) is 3.05. The van der Waals surface area contributed by atoms with E-state index in [9.17, 15) is 9.18 Å². The number of amides is 1. The molecule has 3 aromatic rings. The highest BCUT2D eigenvalue weighted by Gasteiger charge is 2.21. The summed E-state index contributed by atoms with van der Waals surface area (Å²) in [4.78, 5) is 16.0. The van der Waals surface area contributed by atoms with Crippen LogP contribution in [0.4, 0.5) is 10.1 Å². The molecule has 23 heavy (non-hydrogen) atoms. The molecule has 0 spiro atoms. The van der Waals surface area contributed by atoms with Gasteiger partial charge in [-0.1, -0.05) is 48.5 Å². The summed E-state index contributed by atoms with van der Waals surface area (Å²) in [7, 11) is 0. The van der Waals surface area contributed by atoms with E-state index in [-0.39, 0.29) is 5.16 Å². The molecular weight excluding hydrogens is 315 g/mol. The first-order valence-corrected chi connectivity index (χ1v) is 7.75. The van der Waals surface area contributed by atoms with Gasteiger partial charge in [-0.05, 0) is 23.9 Å². The second kappa shape index (κ2) is 7.06. The summed E-state index contributed by atoms with van der Waals surface area (Å²) in [5, 5.41) is 9.34. The third-order valence-electron chi connectivity index (χ3n) is 2.97. The van der Waals surface area contributed by atoms with Crippen molar-refractivity contribution in [2.45, 2.75) is 10.7 Å². The quantitative estimate of drug-likeness (QED) is 0.703. The first-order chi connectivity index (χ1) is 11.2. The Labute approximate surface area is 136 Å². The van der Waals surface area contributed by atoms with Gasteiger partial charge in [-0.25, -0.2) is 9.37 Å². The number of nitrogens with one attached hydrogen (secondary N) is 2. The fraction of sp³-hybridized carbons (Fsp3) is 0.0625. The Morgan fingerprint density at radius 1 is 1.09 bits per heavy atom. The molecule has 1 atom stereocenters. The summed E-state index contributed by atoms with van der Waals surface area (Å²) in [6.07, 6.45) is 0. The van der Waals surface area contributed by atoms with Gasteiger partial charge in [0, 0.05) is 11.3 Å². The SMILES string of the molecule is O=C(Nc1ccccc1)C(F)Sc1n[nH]c(-c2ccccc2)n1. The predicted molar refractivity (Wildman–Crippen MR) is 87.6 cm³/mol. The van der Waals surface area contributed by atoms with Crippen LogP contribution in [0.5, 0.6) is 0 Å². The zero-order chi connectivity index (χ0) is 16.1. The van der Waals surface area contributed by atoms with Gasteiger partial charge in [0.05, 0.1) is 0 Å². The number of carbonyl (C=O) groups is 1. The van der Waals surface area contributed by atoms with Gasteiger partial charge in [-0.15, -0.1) is 5.10 Å². The average molecular weight is 328 g/mol. The van der Waals surface area contributed by atoms with E-state index in [1.165, 1.54) is 0 Å². The summed E-state index contributed by atoms with van der Waals surface area (Å²) in [6, 6.07) is 18.1. The van der Waals surface area contributed by atoms with Crippen molar-refractivity contribution in [3.63, 3.8) is 0 Å². The lowest BCUT2D eigenvalue weighted by molar-refractivity contribution is -0.118. The lowest BCUT2D eigenvalue weighted by atomic mass is 10.2. The predicted octanol–water partition coefficient (Wildman–Crippen LogP) is 3.50. The molecular formula is C16H13FN4OS. The molecule has 0 aliphatic rings. The molecule has 2 N–H and O–H groups in total. The van der Waals surface area contributed by atoms with Crippen LogP contribution in [0.3, 0.4) is 0 Å². The maximum absolute atomic E-state index is 14.0. The Hall–Kier alpha value is -2.67. The number of aromatic amines is 1. The van der Waals surface area contributed by atoms with Crippen molar-refractivity contribution in [2.75, 3.05) is 5.32 Å². The monoisotopic (exact) mass is 328 g/mol. The number of aromatic nitrogens is 3. The highest BCUT2D eigenvalue weighted by molar-refractivity contribution is 8.00. The summed E-state index contributed by atoms with van der Waals surface area (Å²) < 4.78 is 14.0. The number of anilines is 1. The number of thioether (sulfide) groups is 1. The Balaban J connectivity index is 1.63. The largest absolute Gasteiger partial charge is 0.323 e. The Kier molecular flexibility index (Phi) is 4.68. The van der Waals surface area contributed by atoms with Gasteiger partial charge in [-0.2, -0.15) is 0 Å². The standard InChI is InChI=1S/C16H13FN4OS/c17-13(15(22)18-12-9-5-2-6-10-12)23-16-19-14(20-21-16)11-7-3-1-4-8-11/h1-10,13H,(H,18,22)(H,19,20,21). The topological polar surface area (TPSA) is 70.7 Å². The van der Waals surface area contributed by atoms with Crippen LogP contribution < -0.4 is 5.32 Å². The van der Waals surface area contributed by atoms with Gasteiger partial charge in [-0.3, -0.25) is 9.89 Å². The molecule has 1 amide bonds. The van der Waals surface area contributed by atoms with E-state index < -0.39 is 11.4 Å². The molecule has 0 aliphatic heterocycles. The Morgan fingerprint density at radius 2 is 1.74 bits per heavy atom. The van der Waals surface area contributed by atoms with Crippen LogP contribution in [0, 0.1) is 0 Å². The van der Waals surface area contributed by atoms with Crippen LogP contribution >= 0.6 is 11.8 Å². The first kappa shape index (κ1) is 15.2. The molecule has 1 aromatic heterocycles. The van der Waals surface area contributed by atoms with E-state index in [4.69, 9.17) is 0 Å². The smallest absolute Gasteiger partial charge is 0.269 e. The number of nitrogens with zero attached hydrogens (tertiary/aromatic N) is 2. The molecule has 0 aliphatic carbocycles. The zero-order valence-corrected chi connectivity index (χ0v) is 12.8. The summed E-state index contributed by atoms with van der Waals surface area (Å²) in [6.45, 7) is 0. The van der Waals surface area contributed by atoms with Crippen LogP contribution in [-0.2, 0) is 4.79 Å². The second-order valence-electron chi connectivity index (χ2n) is 4.62. The number of carbonyl (C=O) groups excluding carboxylic acids is 1. The van der Waals surface area contributed by atoms with Crippen molar-refractivity contribution in [2.24, 2.45) is 0 Å². The van der Waals surface area contributed by atoms with Crippen molar-refractivity contribution in [3.05, 3.63) is 60.7 Å². The van der Waals surface area contributed by atoms with E-state index in [1.807, 2.05) is 36.4 Å². The number of hydrogen-bond acceptors (Lipinski definition) is 4. The van der Waals surface area contributed by atoms with Gasteiger partial charge in [0.15, 0.2) is 5.82 Å². The molecule has 116 valence electrons. The molecule has 0 saturated carbocycles. The number of alkyl halides is 1. The van der Waals surface area contributed by atoms with E-state index in [2.05, 4.69) is 20.5 Å². The fourth-order valence-electron chi connectivity index (χ4n) is 1.89. The number of hydrogen-bond donors (Lipinski definition) is 2. The van der Waals surface area contributed by atoms with Crippen LogP contribution in [0.2, 0.25) is 0 Å². The summed E-state index contributed by atoms with van der Waals surface area (Å²) in [5.74, 6) is -0.212. The lowest BCUT2D eigenvalue weighted by Gasteiger charge is -2.07. The van der Waals surface area contributed by atoms with Crippen molar-refractivity contribution in [1.82, 2.24) is 15.2 Å². The maximum atomic E-state index is 14.0. The van der Waals surface area contributed by atoms with Gasteiger partial charge < -0.3 is 5.32 Å². The number of benzene rings is 2. The zero-order valence-electron chi connectivity index (χ0n) is 11.9. The molecule has 5 nitrogen and oxygen atoms in total. The van der Waals surface area contributed by atoms with E-state index in [1.54, 1.807) is 24.3 Å². The molecule has 0 bridgehead atoms. The number of para-hydroxylation sites is 1. The number of rotatable bonds is 5. The third kappa shape index (κ3) is 3.95. The van der Waals surface area contributed by atoms with E-state index in [0.717, 1.165) is 5.56 Å². The Bertz CT molecular complexity index is 779. The molecule has 3 rings (SSSR count). The van der Waals surface area contributed by atoms with Crippen molar-refractivity contribution in [1.29, 1.82) is 0 Å². The summed E-state index contributed by atoms with van der Waals surface area (Å²) in [5.41, 5.74) is -0.411. The van der Waals surface area contributed by atoms with Gasteiger partial charge >= 0.3 is 0 Å². The summed E-state index contributed by atoms with van der Waals surface area (Å²) >= 11 is 0.654. The maximum Gasteiger partial charge on any atom is 0.269 e. The fourth-order valence-corrected chi connectivity index (χ4v) is 2.48. The highest BCUT2D eigenvalue weighted by atomic mass is 32.2. The molecule has 7 heteroatoms. The molecule has 0 radical (unpaired) electrons. The molecule has 2 aromatic carbocycles. The van der Waals surface area contributed by atoms with Crippen LogP contribution in [0.1, 0.15) is 0 Å². The van der Waals surface area contributed by atoms with E-state index in [0.29, 0.717) is 23.3 Å². The van der Waals surface area contributed by atoms with Gasteiger partial charge in [0.2, 0.25) is 10.7 Å². The first-order valence-electron chi connectivity index (χ1n) is 6.87. The number of halogens is 1. The molecule has 1 heterocycles. The second-order valence-corrected chi connectivity index (χ2v) is 5.64. The van der Waals surface area contributed by atoms with Crippen LogP contribution in [0.15, 0.2) is 65.8 Å². The van der Waals surface area contributed by atoms with Crippen LogP contribution in [0.25, 0.3) is 11.4 Å². The van der Waals surface area contributed by atoms with Crippen LogP contribution in [-0.4, -0.2) is 26.6 Å². The minimum atomic E-state index is -1.80. The minimum absolute atomic E-state index is 0.180. The molecule has 0 saturated heterocycles. The minimum Gasteiger partial charge on any atom is -0.323 e. The molecule has 0 fully saturated rings. The normalized spacial score (nSPS) is 11.9. The lowest BCUT2D eigenvalue weighted by Crippen LogP contribution is -2.21. The Morgan fingerprint density at radius 3 is 2.43 bits per heavy atom. The number of H-pyrrole nitrogens is 1. The van der Waals surface area contributed by atoms with Crippen molar-refractivity contribution < 1.29 is 9.18 Å². The van der Waals surface area contributed by atoms with Crippen molar-refractivity contribution >= 4 is 23.4 Å². The molecule has 1 unspecified atom stereocenters. The van der Waals surface area contributed by atoms with Crippen molar-refractivity contribution in [3.8, 4) is 11.4 Å². The van der Waals surface area contributed by atoms with Gasteiger partial charge in [0.25, 0.3) is 5.91 Å². The van der Waals surface area contributed by atoms with E-state index >= 15 is 0 Å².